The van der Waals surface area contributed by atoms with Crippen molar-refractivity contribution in [3.8, 4) is 0 Å². The number of amides is 1. The van der Waals surface area contributed by atoms with Gasteiger partial charge in [0.1, 0.15) is 6.04 Å². The second kappa shape index (κ2) is 9.41. The molecule has 0 unspecified atom stereocenters. The first-order valence-electron chi connectivity index (χ1n) is 8.73. The molecule has 0 spiro atoms. The van der Waals surface area contributed by atoms with Gasteiger partial charge in [0.15, 0.2) is 0 Å². The van der Waals surface area contributed by atoms with E-state index in [-0.39, 0.29) is 27.0 Å². The highest BCUT2D eigenvalue weighted by molar-refractivity contribution is 7.89. The first-order valence-corrected chi connectivity index (χ1v) is 11.0. The number of para-hydroxylation sites is 1. The second-order valence-corrected chi connectivity index (χ2v) is 8.79. The minimum absolute atomic E-state index is 0.0710. The van der Waals surface area contributed by atoms with E-state index in [2.05, 4.69) is 10.0 Å². The Bertz CT molecular complexity index is 1070. The fourth-order valence-electron chi connectivity index (χ4n) is 2.72. The highest BCUT2D eigenvalue weighted by atomic mass is 35.5. The maximum Gasteiger partial charge on any atom is 0.242 e. The highest BCUT2D eigenvalue weighted by Gasteiger charge is 2.27. The number of benzene rings is 3. The molecule has 0 aromatic heterocycles. The minimum atomic E-state index is -3.91. The van der Waals surface area contributed by atoms with Crippen LogP contribution in [0.4, 0.5) is 5.69 Å². The molecule has 1 atom stereocenters. The molecule has 0 radical (unpaired) electrons. The topological polar surface area (TPSA) is 75.3 Å². The number of carbonyl (C=O) groups is 1. The van der Waals surface area contributed by atoms with Crippen molar-refractivity contribution >= 4 is 44.8 Å². The van der Waals surface area contributed by atoms with Gasteiger partial charge in [-0.3, -0.25) is 4.79 Å². The molecule has 3 aromatic rings. The van der Waals surface area contributed by atoms with Gasteiger partial charge in [0.25, 0.3) is 0 Å². The molecule has 0 saturated heterocycles. The molecule has 0 heterocycles. The fraction of sp³-hybridized carbons (Fsp3) is 0.0952. The van der Waals surface area contributed by atoms with Crippen LogP contribution < -0.4 is 10.0 Å². The lowest BCUT2D eigenvalue weighted by molar-refractivity contribution is -0.117. The zero-order valence-corrected chi connectivity index (χ0v) is 17.5. The normalized spacial score (nSPS) is 12.3. The molecule has 150 valence electrons. The van der Waals surface area contributed by atoms with Gasteiger partial charge in [-0.15, -0.1) is 0 Å². The molecular formula is C21H18Cl2N2O3S. The number of nitrogens with one attached hydrogen (secondary N) is 2. The predicted molar refractivity (Wildman–Crippen MR) is 116 cm³/mol. The van der Waals surface area contributed by atoms with Gasteiger partial charge in [0.05, 0.1) is 20.6 Å². The zero-order valence-electron chi connectivity index (χ0n) is 15.2. The average molecular weight is 449 g/mol. The number of hydrogen-bond acceptors (Lipinski definition) is 3. The van der Waals surface area contributed by atoms with Crippen LogP contribution in [0, 0.1) is 0 Å². The van der Waals surface area contributed by atoms with Gasteiger partial charge >= 0.3 is 0 Å². The van der Waals surface area contributed by atoms with E-state index in [0.717, 1.165) is 5.56 Å². The van der Waals surface area contributed by atoms with Crippen LogP contribution in [0.25, 0.3) is 0 Å². The molecule has 3 rings (SSSR count). The fourth-order valence-corrected chi connectivity index (χ4v) is 4.43. The van der Waals surface area contributed by atoms with E-state index in [9.17, 15) is 13.2 Å². The largest absolute Gasteiger partial charge is 0.322 e. The minimum Gasteiger partial charge on any atom is -0.322 e. The summed E-state index contributed by atoms with van der Waals surface area (Å²) >= 11 is 12.3. The molecule has 29 heavy (non-hydrogen) atoms. The van der Waals surface area contributed by atoms with E-state index >= 15 is 0 Å². The summed E-state index contributed by atoms with van der Waals surface area (Å²) in [5, 5.41) is 3.16. The predicted octanol–water partition coefficient (Wildman–Crippen LogP) is 4.52. The Labute approximate surface area is 179 Å². The third-order valence-corrected chi connectivity index (χ3v) is 6.28. The molecule has 0 fully saturated rings. The van der Waals surface area contributed by atoms with Gasteiger partial charge < -0.3 is 5.32 Å². The van der Waals surface area contributed by atoms with Crippen molar-refractivity contribution in [1.82, 2.24) is 4.72 Å². The summed E-state index contributed by atoms with van der Waals surface area (Å²) < 4.78 is 28.1. The van der Waals surface area contributed by atoms with Crippen molar-refractivity contribution < 1.29 is 13.2 Å². The lowest BCUT2D eigenvalue weighted by Crippen LogP contribution is -2.45. The van der Waals surface area contributed by atoms with Crippen LogP contribution in [-0.2, 0) is 21.2 Å². The van der Waals surface area contributed by atoms with Crippen molar-refractivity contribution in [1.29, 1.82) is 0 Å². The Morgan fingerprint density at radius 3 is 1.97 bits per heavy atom. The Kier molecular flexibility index (Phi) is 6.92. The summed E-state index contributed by atoms with van der Waals surface area (Å²) in [6.45, 7) is 0. The summed E-state index contributed by atoms with van der Waals surface area (Å²) in [7, 11) is -3.91. The maximum atomic E-state index is 13.0. The van der Waals surface area contributed by atoms with Crippen LogP contribution in [0.5, 0.6) is 0 Å². The first-order chi connectivity index (χ1) is 13.9. The van der Waals surface area contributed by atoms with Crippen LogP contribution in [0.2, 0.25) is 10.0 Å². The average Bonchev–Trinajstić information content (AvgIpc) is 2.71. The molecule has 0 aliphatic rings. The Morgan fingerprint density at radius 1 is 0.828 bits per heavy atom. The number of sulfonamides is 1. The summed E-state index contributed by atoms with van der Waals surface area (Å²) in [4.78, 5) is 13.0. The molecular weight excluding hydrogens is 431 g/mol. The number of anilines is 1. The van der Waals surface area contributed by atoms with Crippen LogP contribution in [0.3, 0.4) is 0 Å². The van der Waals surface area contributed by atoms with E-state index in [4.69, 9.17) is 23.2 Å². The van der Waals surface area contributed by atoms with E-state index in [1.54, 1.807) is 36.4 Å². The molecule has 1 amide bonds. The molecule has 3 aromatic carbocycles. The highest BCUT2D eigenvalue weighted by Crippen LogP contribution is 2.30. The Hall–Kier alpha value is -2.38. The molecule has 0 aliphatic carbocycles. The third-order valence-electron chi connectivity index (χ3n) is 4.16. The summed E-state index contributed by atoms with van der Waals surface area (Å²) in [5.74, 6) is -0.566. The summed E-state index contributed by atoms with van der Waals surface area (Å²) in [5.41, 5.74) is 1.03. The second-order valence-electron chi connectivity index (χ2n) is 6.26. The number of hydrogen-bond donors (Lipinski definition) is 2. The molecule has 5 nitrogen and oxygen atoms in total. The molecule has 8 heteroatoms. The SMILES string of the molecule is O=C(Nc1c(Cl)cccc1Cl)[C@@H](Cc1ccccc1)NS(=O)(=O)c1ccccc1. The third kappa shape index (κ3) is 5.58. The zero-order chi connectivity index (χ0) is 20.9. The number of rotatable bonds is 7. The van der Waals surface area contributed by atoms with Gasteiger partial charge in [0, 0.05) is 0 Å². The van der Waals surface area contributed by atoms with E-state index in [1.165, 1.54) is 12.1 Å². The molecule has 0 saturated carbocycles. The summed E-state index contributed by atoms with van der Waals surface area (Å²) in [6, 6.07) is 20.7. The Morgan fingerprint density at radius 2 is 1.38 bits per heavy atom. The smallest absolute Gasteiger partial charge is 0.242 e. The number of carbonyl (C=O) groups excluding carboxylic acids is 1. The van der Waals surface area contributed by atoms with Crippen molar-refractivity contribution in [3.05, 3.63) is 94.5 Å². The quantitative estimate of drug-likeness (QED) is 0.557. The van der Waals surface area contributed by atoms with Crippen LogP contribution in [-0.4, -0.2) is 20.4 Å². The number of halogens is 2. The van der Waals surface area contributed by atoms with Gasteiger partial charge in [-0.05, 0) is 36.2 Å². The van der Waals surface area contributed by atoms with Crippen LogP contribution in [0.15, 0.2) is 83.8 Å². The summed E-state index contributed by atoms with van der Waals surface area (Å²) in [6.07, 6.45) is 0.154. The maximum absolute atomic E-state index is 13.0. The molecule has 2 N–H and O–H groups in total. The van der Waals surface area contributed by atoms with Gasteiger partial charge in [0.2, 0.25) is 15.9 Å². The van der Waals surface area contributed by atoms with E-state index < -0.39 is 22.0 Å². The van der Waals surface area contributed by atoms with Crippen molar-refractivity contribution in [2.24, 2.45) is 0 Å². The molecule has 0 bridgehead atoms. The lowest BCUT2D eigenvalue weighted by Gasteiger charge is -2.19. The van der Waals surface area contributed by atoms with Crippen molar-refractivity contribution in [2.45, 2.75) is 17.4 Å². The van der Waals surface area contributed by atoms with E-state index in [0.29, 0.717) is 0 Å². The van der Waals surface area contributed by atoms with E-state index in [1.807, 2.05) is 30.3 Å². The first kappa shape index (κ1) is 21.3. The standard InChI is InChI=1S/C21H18Cl2N2O3S/c22-17-12-7-13-18(23)20(17)24-21(26)19(14-15-8-3-1-4-9-15)25-29(27,28)16-10-5-2-6-11-16/h1-13,19,25H,14H2,(H,24,26)/t19-/m1/s1. The molecule has 0 aliphatic heterocycles. The van der Waals surface area contributed by atoms with Gasteiger partial charge in [-0.1, -0.05) is 77.8 Å². The monoisotopic (exact) mass is 448 g/mol. The van der Waals surface area contributed by atoms with Crippen LogP contribution in [0.1, 0.15) is 5.56 Å². The van der Waals surface area contributed by atoms with Crippen molar-refractivity contribution in [2.75, 3.05) is 5.32 Å². The van der Waals surface area contributed by atoms with Crippen molar-refractivity contribution in [3.63, 3.8) is 0 Å². The van der Waals surface area contributed by atoms with Crippen LogP contribution >= 0.6 is 23.2 Å². The lowest BCUT2D eigenvalue weighted by atomic mass is 10.1. The van der Waals surface area contributed by atoms with Gasteiger partial charge in [-0.2, -0.15) is 4.72 Å². The van der Waals surface area contributed by atoms with Gasteiger partial charge in [-0.25, -0.2) is 8.42 Å². The Balaban J connectivity index is 1.89.